The van der Waals surface area contributed by atoms with Gasteiger partial charge in [0.05, 0.1) is 12.0 Å². The number of likely N-dealkylation sites (tertiary alicyclic amines) is 1. The minimum Gasteiger partial charge on any atom is -0.356 e. The molecule has 3 rings (SSSR count). The predicted molar refractivity (Wildman–Crippen MR) is 93.2 cm³/mol. The van der Waals surface area contributed by atoms with Crippen LogP contribution in [0.25, 0.3) is 0 Å². The molecule has 2 aliphatic rings. The van der Waals surface area contributed by atoms with Gasteiger partial charge in [-0.2, -0.15) is 0 Å². The molecule has 1 saturated heterocycles. The molecule has 1 saturated carbocycles. The first-order valence-corrected chi connectivity index (χ1v) is 8.99. The topological polar surface area (TPSA) is 75.4 Å². The van der Waals surface area contributed by atoms with Crippen molar-refractivity contribution in [2.75, 3.05) is 19.6 Å². The van der Waals surface area contributed by atoms with E-state index in [9.17, 15) is 9.59 Å². The number of benzene rings is 1. The van der Waals surface area contributed by atoms with Crippen molar-refractivity contribution >= 4 is 11.8 Å². The lowest BCUT2D eigenvalue weighted by Gasteiger charge is -2.33. The summed E-state index contributed by atoms with van der Waals surface area (Å²) in [6.07, 6.45) is 4.71. The molecule has 1 aliphatic heterocycles. The molecule has 1 heterocycles. The first-order chi connectivity index (χ1) is 11.6. The summed E-state index contributed by atoms with van der Waals surface area (Å²) in [6.45, 7) is 1.99. The van der Waals surface area contributed by atoms with E-state index in [1.165, 1.54) is 12.8 Å². The van der Waals surface area contributed by atoms with Crippen molar-refractivity contribution in [2.24, 2.45) is 17.6 Å². The van der Waals surface area contributed by atoms with Crippen molar-refractivity contribution in [3.05, 3.63) is 35.9 Å². The van der Waals surface area contributed by atoms with Crippen LogP contribution < -0.4 is 11.1 Å². The Hall–Kier alpha value is -1.88. The molecule has 1 aliphatic carbocycles. The minimum absolute atomic E-state index is 0.0430. The van der Waals surface area contributed by atoms with Crippen LogP contribution in [-0.4, -0.2) is 42.4 Å². The summed E-state index contributed by atoms with van der Waals surface area (Å²) in [5.74, 6) is 0.634. The van der Waals surface area contributed by atoms with Gasteiger partial charge in [0.1, 0.15) is 0 Å². The van der Waals surface area contributed by atoms with Crippen LogP contribution in [0.2, 0.25) is 0 Å². The van der Waals surface area contributed by atoms with E-state index >= 15 is 0 Å². The number of nitrogens with one attached hydrogen (secondary N) is 1. The number of rotatable bonds is 6. The van der Waals surface area contributed by atoms with Gasteiger partial charge in [-0.25, -0.2) is 0 Å². The van der Waals surface area contributed by atoms with Gasteiger partial charge in [0, 0.05) is 19.6 Å². The summed E-state index contributed by atoms with van der Waals surface area (Å²) >= 11 is 0. The Labute approximate surface area is 143 Å². The first-order valence-electron chi connectivity index (χ1n) is 8.99. The zero-order chi connectivity index (χ0) is 16.9. The van der Waals surface area contributed by atoms with E-state index in [1.54, 1.807) is 4.90 Å². The zero-order valence-electron chi connectivity index (χ0n) is 14.1. The fraction of sp³-hybridized carbons (Fsp3) is 0.579. The van der Waals surface area contributed by atoms with Crippen LogP contribution in [0, 0.1) is 11.8 Å². The van der Waals surface area contributed by atoms with E-state index in [-0.39, 0.29) is 17.7 Å². The van der Waals surface area contributed by atoms with Gasteiger partial charge in [-0.1, -0.05) is 30.3 Å². The number of nitrogens with zero attached hydrogens (tertiary/aromatic N) is 1. The highest BCUT2D eigenvalue weighted by atomic mass is 16.2. The normalized spacial score (nSPS) is 22.0. The van der Waals surface area contributed by atoms with E-state index in [1.807, 2.05) is 30.3 Å². The summed E-state index contributed by atoms with van der Waals surface area (Å²) in [5, 5.41) is 3.03. The Morgan fingerprint density at radius 2 is 1.96 bits per heavy atom. The lowest BCUT2D eigenvalue weighted by Crippen LogP contribution is -2.51. The number of piperidine rings is 1. The minimum atomic E-state index is -0.541. The number of hydrogen-bond donors (Lipinski definition) is 2. The molecule has 3 N–H and O–H groups in total. The maximum Gasteiger partial charge on any atom is 0.239 e. The summed E-state index contributed by atoms with van der Waals surface area (Å²) in [5.41, 5.74) is 7.18. The molecule has 2 amide bonds. The van der Waals surface area contributed by atoms with Gasteiger partial charge in [0.25, 0.3) is 0 Å². The molecule has 5 heteroatoms. The van der Waals surface area contributed by atoms with E-state index in [4.69, 9.17) is 5.73 Å². The van der Waals surface area contributed by atoms with Crippen molar-refractivity contribution in [3.8, 4) is 0 Å². The third-order valence-corrected chi connectivity index (χ3v) is 4.98. The molecule has 0 aromatic heterocycles. The Kier molecular flexibility index (Phi) is 5.51. The highest BCUT2D eigenvalue weighted by Crippen LogP contribution is 2.28. The second-order valence-electron chi connectivity index (χ2n) is 7.11. The summed E-state index contributed by atoms with van der Waals surface area (Å²) < 4.78 is 0. The van der Waals surface area contributed by atoms with Crippen LogP contribution in [0.1, 0.15) is 31.2 Å². The third-order valence-electron chi connectivity index (χ3n) is 4.98. The average Bonchev–Trinajstić information content (AvgIpc) is 3.44. The molecule has 2 unspecified atom stereocenters. The number of hydrogen-bond acceptors (Lipinski definition) is 3. The first kappa shape index (κ1) is 17.0. The third kappa shape index (κ3) is 4.57. The Bertz CT molecular complexity index is 571. The highest BCUT2D eigenvalue weighted by molar-refractivity contribution is 5.84. The van der Waals surface area contributed by atoms with Crippen LogP contribution in [0.3, 0.4) is 0 Å². The van der Waals surface area contributed by atoms with Gasteiger partial charge in [0.2, 0.25) is 11.8 Å². The van der Waals surface area contributed by atoms with Gasteiger partial charge in [-0.05, 0) is 43.6 Å². The number of amides is 2. The molecule has 2 atom stereocenters. The molecular weight excluding hydrogens is 302 g/mol. The number of carbonyl (C=O) groups excluding carboxylic acids is 2. The molecule has 1 aromatic carbocycles. The standard InChI is InChI=1S/C19H27N3O2/c20-17(11-14-5-2-1-3-6-14)19(24)22-10-4-7-16(13-22)18(23)21-12-15-8-9-15/h1-3,5-6,15-17H,4,7-13,20H2,(H,21,23). The lowest BCUT2D eigenvalue weighted by molar-refractivity contribution is -0.136. The van der Waals surface area contributed by atoms with E-state index in [0.717, 1.165) is 24.9 Å². The predicted octanol–water partition coefficient (Wildman–Crippen LogP) is 1.32. The average molecular weight is 329 g/mol. The zero-order valence-corrected chi connectivity index (χ0v) is 14.1. The highest BCUT2D eigenvalue weighted by Gasteiger charge is 2.31. The van der Waals surface area contributed by atoms with Crippen LogP contribution >= 0.6 is 0 Å². The Morgan fingerprint density at radius 3 is 2.67 bits per heavy atom. The van der Waals surface area contributed by atoms with Gasteiger partial charge >= 0.3 is 0 Å². The second-order valence-corrected chi connectivity index (χ2v) is 7.11. The van der Waals surface area contributed by atoms with Gasteiger partial charge in [0.15, 0.2) is 0 Å². The summed E-state index contributed by atoms with van der Waals surface area (Å²) in [7, 11) is 0. The maximum atomic E-state index is 12.6. The van der Waals surface area contributed by atoms with Gasteiger partial charge < -0.3 is 16.0 Å². The van der Waals surface area contributed by atoms with Gasteiger partial charge in [-0.15, -0.1) is 0 Å². The smallest absolute Gasteiger partial charge is 0.239 e. The molecule has 5 nitrogen and oxygen atoms in total. The van der Waals surface area contributed by atoms with Crippen molar-refractivity contribution < 1.29 is 9.59 Å². The van der Waals surface area contributed by atoms with Crippen molar-refractivity contribution in [1.29, 1.82) is 0 Å². The number of carbonyl (C=O) groups is 2. The van der Waals surface area contributed by atoms with Crippen molar-refractivity contribution in [2.45, 2.75) is 38.1 Å². The largest absolute Gasteiger partial charge is 0.356 e. The summed E-state index contributed by atoms with van der Waals surface area (Å²) in [6, 6.07) is 9.28. The van der Waals surface area contributed by atoms with Crippen molar-refractivity contribution in [3.63, 3.8) is 0 Å². The monoisotopic (exact) mass is 329 g/mol. The SMILES string of the molecule is NC(Cc1ccccc1)C(=O)N1CCCC(C(=O)NCC2CC2)C1. The van der Waals surface area contributed by atoms with Crippen LogP contribution in [-0.2, 0) is 16.0 Å². The molecule has 1 aromatic rings. The van der Waals surface area contributed by atoms with E-state index in [0.29, 0.717) is 25.4 Å². The van der Waals surface area contributed by atoms with Crippen LogP contribution in [0.5, 0.6) is 0 Å². The van der Waals surface area contributed by atoms with E-state index in [2.05, 4.69) is 5.32 Å². The van der Waals surface area contributed by atoms with Crippen LogP contribution in [0.15, 0.2) is 30.3 Å². The quantitative estimate of drug-likeness (QED) is 0.826. The van der Waals surface area contributed by atoms with Gasteiger partial charge in [-0.3, -0.25) is 9.59 Å². The van der Waals surface area contributed by atoms with E-state index < -0.39 is 6.04 Å². The van der Waals surface area contributed by atoms with Crippen molar-refractivity contribution in [1.82, 2.24) is 10.2 Å². The Balaban J connectivity index is 1.51. The fourth-order valence-corrected chi connectivity index (χ4v) is 3.29. The molecule has 130 valence electrons. The molecule has 0 bridgehead atoms. The molecule has 24 heavy (non-hydrogen) atoms. The summed E-state index contributed by atoms with van der Waals surface area (Å²) in [4.78, 5) is 26.7. The Morgan fingerprint density at radius 1 is 1.21 bits per heavy atom. The van der Waals surface area contributed by atoms with Crippen LogP contribution in [0.4, 0.5) is 0 Å². The molecule has 2 fully saturated rings. The molecular formula is C19H27N3O2. The maximum absolute atomic E-state index is 12.6. The fourth-order valence-electron chi connectivity index (χ4n) is 3.29. The lowest BCUT2D eigenvalue weighted by atomic mass is 9.96. The second kappa shape index (κ2) is 7.79. The molecule has 0 spiro atoms. The number of nitrogens with two attached hydrogens (primary N) is 1. The molecule has 0 radical (unpaired) electrons.